The minimum atomic E-state index is 0.408. The van der Waals surface area contributed by atoms with Crippen molar-refractivity contribution in [3.05, 3.63) is 0 Å². The van der Waals surface area contributed by atoms with Crippen LogP contribution < -0.4 is 5.73 Å². The number of rotatable bonds is 1. The van der Waals surface area contributed by atoms with E-state index in [1.807, 2.05) is 0 Å². The van der Waals surface area contributed by atoms with Crippen LogP contribution in [-0.4, -0.2) is 30.1 Å². The Morgan fingerprint density at radius 2 is 1.25 bits per heavy atom. The van der Waals surface area contributed by atoms with Gasteiger partial charge in [-0.1, -0.05) is 64.7 Å². The van der Waals surface area contributed by atoms with E-state index in [0.29, 0.717) is 6.04 Å². The molecule has 20 heavy (non-hydrogen) atoms. The molecule has 0 amide bonds. The van der Waals surface area contributed by atoms with E-state index in [1.54, 1.807) is 0 Å². The van der Waals surface area contributed by atoms with Crippen molar-refractivity contribution in [2.45, 2.75) is 96.1 Å². The highest BCUT2D eigenvalue weighted by Gasteiger charge is 2.27. The van der Waals surface area contributed by atoms with E-state index in [2.05, 4.69) is 11.8 Å². The largest absolute Gasteiger partial charge is 0.326 e. The summed E-state index contributed by atoms with van der Waals surface area (Å²) in [5.74, 6) is 0.720. The number of nitrogens with zero attached hydrogens (tertiary/aromatic N) is 1. The number of piperidine rings is 1. The van der Waals surface area contributed by atoms with Crippen LogP contribution in [0.3, 0.4) is 0 Å². The van der Waals surface area contributed by atoms with Crippen LogP contribution in [0.15, 0.2) is 0 Å². The van der Waals surface area contributed by atoms with Crippen molar-refractivity contribution in [2.75, 3.05) is 13.1 Å². The van der Waals surface area contributed by atoms with Gasteiger partial charge in [0.05, 0.1) is 0 Å². The number of hydrogen-bond acceptors (Lipinski definition) is 2. The summed E-state index contributed by atoms with van der Waals surface area (Å²) in [6, 6.07) is 1.23. The Morgan fingerprint density at radius 3 is 1.75 bits per heavy atom. The first-order valence-electron chi connectivity index (χ1n) is 9.27. The summed E-state index contributed by atoms with van der Waals surface area (Å²) < 4.78 is 0. The third kappa shape index (κ3) is 5.37. The number of hydrogen-bond donors (Lipinski definition) is 1. The van der Waals surface area contributed by atoms with Crippen LogP contribution >= 0.6 is 0 Å². The molecule has 1 saturated carbocycles. The van der Waals surface area contributed by atoms with Crippen molar-refractivity contribution < 1.29 is 0 Å². The molecule has 0 bridgehead atoms. The lowest BCUT2D eigenvalue weighted by Crippen LogP contribution is -2.51. The zero-order valence-electron chi connectivity index (χ0n) is 13.7. The van der Waals surface area contributed by atoms with Gasteiger partial charge in [-0.2, -0.15) is 0 Å². The predicted molar refractivity (Wildman–Crippen MR) is 87.9 cm³/mol. The van der Waals surface area contributed by atoms with Gasteiger partial charge in [-0.25, -0.2) is 0 Å². The maximum absolute atomic E-state index is 6.31. The fourth-order valence-electron chi connectivity index (χ4n) is 3.96. The van der Waals surface area contributed by atoms with Gasteiger partial charge in [-0.3, -0.25) is 4.90 Å². The molecule has 1 aliphatic carbocycles. The zero-order valence-corrected chi connectivity index (χ0v) is 13.7. The number of likely N-dealkylation sites (tertiary alicyclic amines) is 1. The van der Waals surface area contributed by atoms with Gasteiger partial charge in [0, 0.05) is 18.6 Å². The van der Waals surface area contributed by atoms with Gasteiger partial charge in [0.1, 0.15) is 0 Å². The van der Waals surface area contributed by atoms with E-state index in [1.165, 1.54) is 83.6 Å². The average molecular weight is 280 g/mol. The second-order valence-corrected chi connectivity index (χ2v) is 7.34. The van der Waals surface area contributed by atoms with E-state index in [4.69, 9.17) is 5.73 Å². The fraction of sp³-hybridized carbons (Fsp3) is 1.00. The molecule has 2 atom stereocenters. The maximum Gasteiger partial charge on any atom is 0.0194 e. The molecule has 2 fully saturated rings. The minimum Gasteiger partial charge on any atom is -0.326 e. The average Bonchev–Trinajstić information content (AvgIpc) is 2.43. The molecule has 0 spiro atoms. The quantitative estimate of drug-likeness (QED) is 0.774. The van der Waals surface area contributed by atoms with Crippen molar-refractivity contribution >= 4 is 0 Å². The molecule has 118 valence electrons. The summed E-state index contributed by atoms with van der Waals surface area (Å²) in [4.78, 5) is 2.73. The highest BCUT2D eigenvalue weighted by Crippen LogP contribution is 2.24. The molecule has 0 aromatic carbocycles. The zero-order chi connectivity index (χ0) is 14.2. The SMILES string of the molecule is CC1CCN(C2CCCCCCCCCCC2)CC1N. The van der Waals surface area contributed by atoms with E-state index in [0.717, 1.165) is 18.5 Å². The maximum atomic E-state index is 6.31. The molecule has 0 aromatic rings. The summed E-state index contributed by atoms with van der Waals surface area (Å²) in [6.45, 7) is 4.76. The first-order valence-corrected chi connectivity index (χ1v) is 9.27. The second kappa shape index (κ2) is 9.04. The Kier molecular flexibility index (Phi) is 7.37. The molecule has 1 saturated heterocycles. The Hall–Kier alpha value is -0.0800. The fourth-order valence-corrected chi connectivity index (χ4v) is 3.96. The van der Waals surface area contributed by atoms with Gasteiger partial charge in [-0.05, 0) is 31.7 Å². The molecule has 0 aromatic heterocycles. The van der Waals surface area contributed by atoms with Crippen LogP contribution in [0, 0.1) is 5.92 Å². The van der Waals surface area contributed by atoms with Gasteiger partial charge >= 0.3 is 0 Å². The summed E-state index contributed by atoms with van der Waals surface area (Å²) in [5, 5.41) is 0. The summed E-state index contributed by atoms with van der Waals surface area (Å²) >= 11 is 0. The van der Waals surface area contributed by atoms with Crippen molar-refractivity contribution in [1.29, 1.82) is 0 Å². The molecule has 2 heteroatoms. The summed E-state index contributed by atoms with van der Waals surface area (Å²) in [6.07, 6.45) is 17.2. The van der Waals surface area contributed by atoms with Crippen LogP contribution in [-0.2, 0) is 0 Å². The lowest BCUT2D eigenvalue weighted by Gasteiger charge is -2.40. The molecule has 2 aliphatic rings. The van der Waals surface area contributed by atoms with Gasteiger partial charge < -0.3 is 5.73 Å². The molecule has 0 radical (unpaired) electrons. The van der Waals surface area contributed by atoms with Crippen molar-refractivity contribution in [3.63, 3.8) is 0 Å². The standard InChI is InChI=1S/C18H36N2/c1-16-13-14-20(15-18(16)19)17-11-9-7-5-3-2-4-6-8-10-12-17/h16-18H,2-15,19H2,1H3. The molecular weight excluding hydrogens is 244 g/mol. The molecule has 2 unspecified atom stereocenters. The van der Waals surface area contributed by atoms with E-state index < -0.39 is 0 Å². The van der Waals surface area contributed by atoms with Crippen LogP contribution in [0.25, 0.3) is 0 Å². The van der Waals surface area contributed by atoms with Gasteiger partial charge in [0.15, 0.2) is 0 Å². The summed E-state index contributed by atoms with van der Waals surface area (Å²) in [5.41, 5.74) is 6.31. The predicted octanol–water partition coefficient (Wildman–Crippen LogP) is 4.33. The molecule has 2 nitrogen and oxygen atoms in total. The molecular formula is C18H36N2. The molecule has 1 aliphatic heterocycles. The Labute approximate surface area is 126 Å². The number of nitrogens with two attached hydrogens (primary N) is 1. The van der Waals surface area contributed by atoms with E-state index in [-0.39, 0.29) is 0 Å². The first kappa shape index (κ1) is 16.3. The second-order valence-electron chi connectivity index (χ2n) is 7.34. The Bertz CT molecular complexity index is 242. The smallest absolute Gasteiger partial charge is 0.0194 e. The Balaban J connectivity index is 1.82. The molecule has 1 heterocycles. The van der Waals surface area contributed by atoms with Gasteiger partial charge in [-0.15, -0.1) is 0 Å². The van der Waals surface area contributed by atoms with E-state index in [9.17, 15) is 0 Å². The highest BCUT2D eigenvalue weighted by molar-refractivity contribution is 4.84. The third-order valence-electron chi connectivity index (χ3n) is 5.64. The van der Waals surface area contributed by atoms with Gasteiger partial charge in [0.25, 0.3) is 0 Å². The Morgan fingerprint density at radius 1 is 0.750 bits per heavy atom. The molecule has 2 N–H and O–H groups in total. The minimum absolute atomic E-state index is 0.408. The van der Waals surface area contributed by atoms with Crippen LogP contribution in [0.2, 0.25) is 0 Å². The van der Waals surface area contributed by atoms with Gasteiger partial charge in [0.2, 0.25) is 0 Å². The van der Waals surface area contributed by atoms with Crippen molar-refractivity contribution in [1.82, 2.24) is 4.90 Å². The highest BCUT2D eigenvalue weighted by atomic mass is 15.2. The first-order chi connectivity index (χ1) is 9.77. The lowest BCUT2D eigenvalue weighted by molar-refractivity contribution is 0.105. The van der Waals surface area contributed by atoms with Crippen LogP contribution in [0.4, 0.5) is 0 Å². The summed E-state index contributed by atoms with van der Waals surface area (Å²) in [7, 11) is 0. The van der Waals surface area contributed by atoms with Crippen LogP contribution in [0.5, 0.6) is 0 Å². The topological polar surface area (TPSA) is 29.3 Å². The lowest BCUT2D eigenvalue weighted by atomic mass is 9.90. The van der Waals surface area contributed by atoms with Crippen molar-refractivity contribution in [3.8, 4) is 0 Å². The monoisotopic (exact) mass is 280 g/mol. The van der Waals surface area contributed by atoms with Crippen LogP contribution in [0.1, 0.15) is 84.0 Å². The third-order valence-corrected chi connectivity index (χ3v) is 5.64. The van der Waals surface area contributed by atoms with Crippen molar-refractivity contribution in [2.24, 2.45) is 11.7 Å². The molecule has 2 rings (SSSR count). The van der Waals surface area contributed by atoms with E-state index >= 15 is 0 Å². The normalized spacial score (nSPS) is 33.3.